The number of carboxylic acids is 1. The Kier molecular flexibility index (Phi) is 5.33. The number of hydrogen-bond acceptors (Lipinski definition) is 5. The molecule has 136 valence electrons. The van der Waals surface area contributed by atoms with Gasteiger partial charge >= 0.3 is 12.1 Å². The summed E-state index contributed by atoms with van der Waals surface area (Å²) >= 11 is 0. The third-order valence-electron chi connectivity index (χ3n) is 3.30. The lowest BCUT2D eigenvalue weighted by Crippen LogP contribution is -2.49. The molecule has 0 bridgehead atoms. The Labute approximate surface area is 139 Å². The first-order valence-corrected chi connectivity index (χ1v) is 7.07. The van der Waals surface area contributed by atoms with Crippen LogP contribution in [-0.4, -0.2) is 49.6 Å². The number of carboxylic acid groups (broad SMARTS) is 1. The standard InChI is InChI=1S/C15H15F3N2O5/c16-15(17,18)14(23,24)9-25-12-3-1-2-10(6-12)4-5-20-8-11(7-19-20)13(21)22/h1-3,6-8,23-24H,4-5,9H2,(H,21,22). The van der Waals surface area contributed by atoms with Crippen LogP contribution < -0.4 is 4.74 Å². The number of alkyl halides is 3. The van der Waals surface area contributed by atoms with Gasteiger partial charge in [-0.15, -0.1) is 0 Å². The van der Waals surface area contributed by atoms with Crippen molar-refractivity contribution < 1.29 is 38.0 Å². The molecule has 0 unspecified atom stereocenters. The van der Waals surface area contributed by atoms with Crippen LogP contribution in [-0.2, 0) is 13.0 Å². The second-order valence-corrected chi connectivity index (χ2v) is 5.30. The van der Waals surface area contributed by atoms with Gasteiger partial charge in [-0.05, 0) is 24.1 Å². The molecule has 1 aromatic heterocycles. The highest BCUT2D eigenvalue weighted by Gasteiger charge is 2.53. The fraction of sp³-hybridized carbons (Fsp3) is 0.333. The number of aromatic carboxylic acids is 1. The van der Waals surface area contributed by atoms with E-state index in [1.807, 2.05) is 0 Å². The molecule has 1 heterocycles. The first kappa shape index (κ1) is 18.7. The molecular weight excluding hydrogens is 345 g/mol. The number of aliphatic hydroxyl groups is 2. The van der Waals surface area contributed by atoms with Crippen molar-refractivity contribution in [2.45, 2.75) is 24.9 Å². The predicted octanol–water partition coefficient (Wildman–Crippen LogP) is 1.45. The van der Waals surface area contributed by atoms with Crippen molar-refractivity contribution in [2.24, 2.45) is 0 Å². The molecule has 1 aromatic carbocycles. The lowest BCUT2D eigenvalue weighted by atomic mass is 10.1. The molecule has 0 radical (unpaired) electrons. The van der Waals surface area contributed by atoms with Crippen LogP contribution in [0.1, 0.15) is 15.9 Å². The molecule has 25 heavy (non-hydrogen) atoms. The number of aromatic nitrogens is 2. The second kappa shape index (κ2) is 7.11. The lowest BCUT2D eigenvalue weighted by molar-refractivity contribution is -0.355. The van der Waals surface area contributed by atoms with E-state index in [0.29, 0.717) is 18.5 Å². The van der Waals surface area contributed by atoms with E-state index in [0.717, 1.165) is 0 Å². The van der Waals surface area contributed by atoms with Crippen LogP contribution in [0.15, 0.2) is 36.7 Å². The maximum absolute atomic E-state index is 12.4. The molecule has 0 amide bonds. The SMILES string of the molecule is O=C(O)c1cnn(CCc2cccc(OCC(O)(O)C(F)(F)F)c2)c1. The van der Waals surface area contributed by atoms with E-state index in [9.17, 15) is 18.0 Å². The molecular formula is C15H15F3N2O5. The largest absolute Gasteiger partial charge is 0.488 e. The van der Waals surface area contributed by atoms with Crippen molar-refractivity contribution in [3.05, 3.63) is 47.8 Å². The molecule has 10 heteroatoms. The van der Waals surface area contributed by atoms with Crippen LogP contribution in [0.5, 0.6) is 5.75 Å². The number of halogens is 3. The first-order valence-electron chi connectivity index (χ1n) is 7.07. The molecule has 0 saturated heterocycles. The van der Waals surface area contributed by atoms with Crippen molar-refractivity contribution in [3.63, 3.8) is 0 Å². The summed E-state index contributed by atoms with van der Waals surface area (Å²) in [6, 6.07) is 6.07. The summed E-state index contributed by atoms with van der Waals surface area (Å²) in [6.07, 6.45) is -2.24. The zero-order valence-electron chi connectivity index (χ0n) is 12.8. The van der Waals surface area contributed by atoms with Crippen LogP contribution in [0.25, 0.3) is 0 Å². The average Bonchev–Trinajstić information content (AvgIpc) is 3.00. The van der Waals surface area contributed by atoms with Crippen LogP contribution in [0.2, 0.25) is 0 Å². The molecule has 0 aliphatic heterocycles. The van der Waals surface area contributed by atoms with Gasteiger partial charge in [0.25, 0.3) is 5.79 Å². The highest BCUT2D eigenvalue weighted by Crippen LogP contribution is 2.28. The molecule has 2 aromatic rings. The predicted molar refractivity (Wildman–Crippen MR) is 78.1 cm³/mol. The maximum Gasteiger partial charge on any atom is 0.446 e. The Morgan fingerprint density at radius 2 is 2.00 bits per heavy atom. The van der Waals surface area contributed by atoms with E-state index >= 15 is 0 Å². The Morgan fingerprint density at radius 1 is 1.28 bits per heavy atom. The first-order chi connectivity index (χ1) is 11.6. The molecule has 0 aliphatic rings. The monoisotopic (exact) mass is 360 g/mol. The quantitative estimate of drug-likeness (QED) is 0.646. The third kappa shape index (κ3) is 4.94. The van der Waals surface area contributed by atoms with E-state index in [-0.39, 0.29) is 11.3 Å². The van der Waals surface area contributed by atoms with E-state index in [2.05, 4.69) is 5.10 Å². The Hall–Kier alpha value is -2.59. The zero-order chi connectivity index (χ0) is 18.7. The van der Waals surface area contributed by atoms with Gasteiger partial charge in [-0.1, -0.05) is 12.1 Å². The maximum atomic E-state index is 12.4. The minimum Gasteiger partial charge on any atom is -0.488 e. The van der Waals surface area contributed by atoms with Crippen LogP contribution >= 0.6 is 0 Å². The average molecular weight is 360 g/mol. The molecule has 0 saturated carbocycles. The minimum atomic E-state index is -5.23. The molecule has 0 spiro atoms. The van der Waals surface area contributed by atoms with Crippen LogP contribution in [0.3, 0.4) is 0 Å². The van der Waals surface area contributed by atoms with Crippen molar-refractivity contribution in [3.8, 4) is 5.75 Å². The van der Waals surface area contributed by atoms with Crippen molar-refractivity contribution in [1.29, 1.82) is 0 Å². The molecule has 7 nitrogen and oxygen atoms in total. The van der Waals surface area contributed by atoms with Gasteiger partial charge < -0.3 is 20.1 Å². The fourth-order valence-electron chi connectivity index (χ4n) is 1.90. The van der Waals surface area contributed by atoms with Gasteiger partial charge in [0.2, 0.25) is 0 Å². The summed E-state index contributed by atoms with van der Waals surface area (Å²) in [7, 11) is 0. The number of rotatable bonds is 7. The number of benzene rings is 1. The molecule has 2 rings (SSSR count). The second-order valence-electron chi connectivity index (χ2n) is 5.30. The molecule has 3 N–H and O–H groups in total. The van der Waals surface area contributed by atoms with Gasteiger partial charge in [0.05, 0.1) is 11.8 Å². The lowest BCUT2D eigenvalue weighted by Gasteiger charge is -2.24. The Balaban J connectivity index is 1.95. The summed E-state index contributed by atoms with van der Waals surface area (Å²) in [4.78, 5) is 10.8. The summed E-state index contributed by atoms with van der Waals surface area (Å²) in [5.74, 6) is -4.99. The van der Waals surface area contributed by atoms with Gasteiger partial charge in [-0.25, -0.2) is 4.79 Å². The summed E-state index contributed by atoms with van der Waals surface area (Å²) < 4.78 is 43.3. The highest BCUT2D eigenvalue weighted by molar-refractivity contribution is 5.86. The topological polar surface area (TPSA) is 105 Å². The fourth-order valence-corrected chi connectivity index (χ4v) is 1.90. The summed E-state index contributed by atoms with van der Waals surface area (Å²) in [5, 5.41) is 30.5. The van der Waals surface area contributed by atoms with E-state index in [1.54, 1.807) is 12.1 Å². The van der Waals surface area contributed by atoms with Gasteiger partial charge in [0.1, 0.15) is 5.75 Å². The Morgan fingerprint density at radius 3 is 2.60 bits per heavy atom. The van der Waals surface area contributed by atoms with Gasteiger partial charge in [-0.2, -0.15) is 18.3 Å². The normalized spacial score (nSPS) is 12.2. The summed E-state index contributed by atoms with van der Waals surface area (Å²) in [5.41, 5.74) is 0.741. The minimum absolute atomic E-state index is 0.0425. The third-order valence-corrected chi connectivity index (χ3v) is 3.30. The summed E-state index contributed by atoms with van der Waals surface area (Å²) in [6.45, 7) is -1.01. The van der Waals surface area contributed by atoms with Crippen LogP contribution in [0.4, 0.5) is 13.2 Å². The van der Waals surface area contributed by atoms with E-state index < -0.39 is 24.5 Å². The number of nitrogens with zero attached hydrogens (tertiary/aromatic N) is 2. The number of carbonyl (C=O) groups is 1. The number of hydrogen-bond donors (Lipinski definition) is 3. The van der Waals surface area contributed by atoms with Crippen LogP contribution in [0, 0.1) is 0 Å². The smallest absolute Gasteiger partial charge is 0.446 e. The van der Waals surface area contributed by atoms with E-state index in [1.165, 1.54) is 29.2 Å². The molecule has 0 fully saturated rings. The molecule has 0 atom stereocenters. The number of aryl methyl sites for hydroxylation is 2. The molecule has 0 aliphatic carbocycles. The van der Waals surface area contributed by atoms with Gasteiger partial charge in [-0.3, -0.25) is 4.68 Å². The number of ether oxygens (including phenoxy) is 1. The van der Waals surface area contributed by atoms with E-state index in [4.69, 9.17) is 20.1 Å². The van der Waals surface area contributed by atoms with Crippen molar-refractivity contribution in [1.82, 2.24) is 9.78 Å². The van der Waals surface area contributed by atoms with Crippen molar-refractivity contribution >= 4 is 5.97 Å². The Bertz CT molecular complexity index is 743. The van der Waals surface area contributed by atoms with Gasteiger partial charge in [0, 0.05) is 12.7 Å². The van der Waals surface area contributed by atoms with Gasteiger partial charge in [0.15, 0.2) is 6.61 Å². The van der Waals surface area contributed by atoms with Crippen molar-refractivity contribution in [2.75, 3.05) is 6.61 Å². The zero-order valence-corrected chi connectivity index (χ0v) is 12.8. The highest BCUT2D eigenvalue weighted by atomic mass is 19.4.